The van der Waals surface area contributed by atoms with Crippen molar-refractivity contribution in [3.63, 3.8) is 0 Å². The zero-order valence-electron chi connectivity index (χ0n) is 17.0. The summed E-state index contributed by atoms with van der Waals surface area (Å²) in [5.74, 6) is 0.727. The Hall–Kier alpha value is -1.07. The number of hydrogen-bond donors (Lipinski definition) is 1. The van der Waals surface area contributed by atoms with Gasteiger partial charge in [0.05, 0.1) is 18.7 Å². The molecule has 1 heterocycles. The van der Waals surface area contributed by atoms with E-state index in [1.807, 2.05) is 19.0 Å². The fourth-order valence-electron chi connectivity index (χ4n) is 2.74. The molecule has 1 aliphatic rings. The van der Waals surface area contributed by atoms with Crippen molar-refractivity contribution >= 4 is 29.9 Å². The second kappa shape index (κ2) is 10.1. The van der Waals surface area contributed by atoms with Crippen LogP contribution in [0.3, 0.4) is 0 Å². The van der Waals surface area contributed by atoms with Gasteiger partial charge in [0, 0.05) is 25.7 Å². The highest BCUT2D eigenvalue weighted by atomic mass is 127. The first-order valence-electron chi connectivity index (χ1n) is 8.96. The van der Waals surface area contributed by atoms with Crippen LogP contribution in [-0.2, 0) is 10.9 Å². The third-order valence-corrected chi connectivity index (χ3v) is 5.05. The first-order chi connectivity index (χ1) is 12.5. The van der Waals surface area contributed by atoms with Gasteiger partial charge in [-0.25, -0.2) is 0 Å². The van der Waals surface area contributed by atoms with Crippen LogP contribution in [-0.4, -0.2) is 68.7 Å². The summed E-state index contributed by atoms with van der Waals surface area (Å²) in [4.78, 5) is 8.49. The van der Waals surface area contributed by atoms with Crippen LogP contribution in [0.25, 0.3) is 0 Å². The molecular weight excluding hydrogens is 484 g/mol. The zero-order chi connectivity index (χ0) is 20.2. The van der Waals surface area contributed by atoms with Crippen LogP contribution in [0.2, 0.25) is 0 Å². The van der Waals surface area contributed by atoms with Crippen LogP contribution >= 0.6 is 24.0 Å². The van der Waals surface area contributed by atoms with Crippen LogP contribution < -0.4 is 5.32 Å². The molecule has 9 heteroatoms. The SMILES string of the molecule is CN=C(NCC(C)(C)N(C)C)N1CCOC(c2cccc(C(F)(F)F)c2)C1.I. The third kappa shape index (κ3) is 6.48. The lowest BCUT2D eigenvalue weighted by molar-refractivity contribution is -0.137. The smallest absolute Gasteiger partial charge is 0.370 e. The lowest BCUT2D eigenvalue weighted by Crippen LogP contribution is -2.54. The molecule has 160 valence electrons. The molecule has 1 saturated heterocycles. The molecule has 1 aromatic carbocycles. The van der Waals surface area contributed by atoms with Crippen LogP contribution in [0, 0.1) is 0 Å². The number of halogens is 4. The normalized spacial score (nSPS) is 18.8. The number of nitrogens with zero attached hydrogens (tertiary/aromatic N) is 3. The van der Waals surface area contributed by atoms with Gasteiger partial charge in [-0.05, 0) is 45.6 Å². The van der Waals surface area contributed by atoms with Crippen molar-refractivity contribution in [3.05, 3.63) is 35.4 Å². The Morgan fingerprint density at radius 3 is 2.57 bits per heavy atom. The van der Waals surface area contributed by atoms with Crippen LogP contribution in [0.4, 0.5) is 13.2 Å². The van der Waals surface area contributed by atoms with Crippen molar-refractivity contribution < 1.29 is 17.9 Å². The fraction of sp³-hybridized carbons (Fsp3) is 0.632. The second-order valence-electron chi connectivity index (χ2n) is 7.54. The van der Waals surface area contributed by atoms with Crippen molar-refractivity contribution in [2.75, 3.05) is 47.4 Å². The number of aliphatic imine (C=N–C) groups is 1. The number of rotatable bonds is 4. The van der Waals surface area contributed by atoms with E-state index in [4.69, 9.17) is 4.74 Å². The zero-order valence-corrected chi connectivity index (χ0v) is 19.3. The van der Waals surface area contributed by atoms with Crippen molar-refractivity contribution in [1.82, 2.24) is 15.1 Å². The first-order valence-corrected chi connectivity index (χ1v) is 8.96. The molecule has 0 amide bonds. The number of ether oxygens (including phenoxy) is 1. The highest BCUT2D eigenvalue weighted by Gasteiger charge is 2.32. The van der Waals surface area contributed by atoms with Crippen LogP contribution in [0.1, 0.15) is 31.1 Å². The Morgan fingerprint density at radius 2 is 2.00 bits per heavy atom. The maximum Gasteiger partial charge on any atom is 0.416 e. The van der Waals surface area contributed by atoms with E-state index in [2.05, 4.69) is 29.1 Å². The molecule has 0 spiro atoms. The number of morpholine rings is 1. The van der Waals surface area contributed by atoms with E-state index in [1.165, 1.54) is 12.1 Å². The first kappa shape index (κ1) is 25.0. The Kier molecular flexibility index (Phi) is 9.01. The van der Waals surface area contributed by atoms with E-state index in [0.717, 1.165) is 12.0 Å². The Labute approximate surface area is 182 Å². The molecule has 1 atom stereocenters. The number of nitrogens with one attached hydrogen (secondary N) is 1. The molecule has 0 radical (unpaired) electrons. The van der Waals surface area contributed by atoms with Gasteiger partial charge in [-0.15, -0.1) is 24.0 Å². The van der Waals surface area contributed by atoms with E-state index in [-0.39, 0.29) is 29.5 Å². The molecule has 1 unspecified atom stereocenters. The molecule has 1 N–H and O–H groups in total. The lowest BCUT2D eigenvalue weighted by Gasteiger charge is -2.38. The minimum Gasteiger partial charge on any atom is -0.370 e. The number of guanidine groups is 1. The molecule has 1 fully saturated rings. The molecular formula is C19H30F3IN4O. The van der Waals surface area contributed by atoms with E-state index >= 15 is 0 Å². The predicted octanol–water partition coefficient (Wildman–Crippen LogP) is 3.61. The van der Waals surface area contributed by atoms with Gasteiger partial charge in [0.15, 0.2) is 5.96 Å². The minimum absolute atomic E-state index is 0. The highest BCUT2D eigenvalue weighted by molar-refractivity contribution is 14.0. The summed E-state index contributed by atoms with van der Waals surface area (Å²) in [6.07, 6.45) is -4.79. The van der Waals surface area contributed by atoms with E-state index in [0.29, 0.717) is 31.8 Å². The average molecular weight is 514 g/mol. The predicted molar refractivity (Wildman–Crippen MR) is 116 cm³/mol. The molecule has 5 nitrogen and oxygen atoms in total. The fourth-order valence-corrected chi connectivity index (χ4v) is 2.74. The summed E-state index contributed by atoms with van der Waals surface area (Å²) in [5.41, 5.74) is -0.197. The molecule has 0 aliphatic carbocycles. The molecule has 1 aromatic rings. The van der Waals surface area contributed by atoms with Gasteiger partial charge < -0.3 is 19.9 Å². The topological polar surface area (TPSA) is 40.1 Å². The largest absolute Gasteiger partial charge is 0.416 e. The molecule has 2 rings (SSSR count). The molecule has 1 aliphatic heterocycles. The van der Waals surface area contributed by atoms with Gasteiger partial charge in [0.2, 0.25) is 0 Å². The maximum atomic E-state index is 13.0. The summed E-state index contributed by atoms with van der Waals surface area (Å²) < 4.78 is 44.7. The van der Waals surface area contributed by atoms with Crippen LogP contribution in [0.5, 0.6) is 0 Å². The van der Waals surface area contributed by atoms with E-state index in [1.54, 1.807) is 13.1 Å². The quantitative estimate of drug-likeness (QED) is 0.379. The van der Waals surface area contributed by atoms with Gasteiger partial charge >= 0.3 is 6.18 Å². The van der Waals surface area contributed by atoms with Crippen molar-refractivity contribution in [2.45, 2.75) is 31.7 Å². The van der Waals surface area contributed by atoms with Gasteiger partial charge in [-0.3, -0.25) is 4.99 Å². The lowest BCUT2D eigenvalue weighted by atomic mass is 10.0. The molecule has 28 heavy (non-hydrogen) atoms. The average Bonchev–Trinajstić information content (AvgIpc) is 2.62. The summed E-state index contributed by atoms with van der Waals surface area (Å²) in [6, 6.07) is 5.34. The van der Waals surface area contributed by atoms with E-state index < -0.39 is 17.8 Å². The molecule has 0 bridgehead atoms. The minimum atomic E-state index is -4.36. The van der Waals surface area contributed by atoms with Crippen molar-refractivity contribution in [1.29, 1.82) is 0 Å². The third-order valence-electron chi connectivity index (χ3n) is 5.05. The molecule has 0 aromatic heterocycles. The molecule has 0 saturated carbocycles. The van der Waals surface area contributed by atoms with Gasteiger partial charge in [-0.1, -0.05) is 12.1 Å². The van der Waals surface area contributed by atoms with Gasteiger partial charge in [-0.2, -0.15) is 13.2 Å². The van der Waals surface area contributed by atoms with Gasteiger partial charge in [0.25, 0.3) is 0 Å². The standard InChI is InChI=1S/C19H29F3N4O.HI/c1-18(2,25(4)5)13-24-17(23-3)26-9-10-27-16(12-26)14-7-6-8-15(11-14)19(20,21)22;/h6-8,11,16H,9-10,12-13H2,1-5H3,(H,23,24);1H. The number of alkyl halides is 3. The number of hydrogen-bond acceptors (Lipinski definition) is 3. The second-order valence-corrected chi connectivity index (χ2v) is 7.54. The summed E-state index contributed by atoms with van der Waals surface area (Å²) in [5, 5.41) is 3.37. The Bertz CT molecular complexity index is 665. The Morgan fingerprint density at radius 1 is 1.32 bits per heavy atom. The van der Waals surface area contributed by atoms with E-state index in [9.17, 15) is 13.2 Å². The summed E-state index contributed by atoms with van der Waals surface area (Å²) in [7, 11) is 5.74. The van der Waals surface area contributed by atoms with Crippen molar-refractivity contribution in [2.24, 2.45) is 4.99 Å². The monoisotopic (exact) mass is 514 g/mol. The highest BCUT2D eigenvalue weighted by Crippen LogP contribution is 2.32. The number of benzene rings is 1. The van der Waals surface area contributed by atoms with Gasteiger partial charge in [0.1, 0.15) is 6.10 Å². The Balaban J connectivity index is 0.00000392. The summed E-state index contributed by atoms with van der Waals surface area (Å²) >= 11 is 0. The maximum absolute atomic E-state index is 13.0. The number of likely N-dealkylation sites (N-methyl/N-ethyl adjacent to an activating group) is 1. The van der Waals surface area contributed by atoms with Crippen molar-refractivity contribution in [3.8, 4) is 0 Å². The summed E-state index contributed by atoms with van der Waals surface area (Å²) in [6.45, 7) is 6.45. The van der Waals surface area contributed by atoms with Crippen LogP contribution in [0.15, 0.2) is 29.3 Å².